The van der Waals surface area contributed by atoms with Crippen LogP contribution in [0.3, 0.4) is 0 Å². The predicted molar refractivity (Wildman–Crippen MR) is 104 cm³/mol. The van der Waals surface area contributed by atoms with Gasteiger partial charge in [0.05, 0.1) is 0 Å². The summed E-state index contributed by atoms with van der Waals surface area (Å²) in [5.74, 6) is 0. The van der Waals surface area contributed by atoms with Crippen molar-refractivity contribution in [3.8, 4) is 0 Å². The summed E-state index contributed by atoms with van der Waals surface area (Å²) in [4.78, 5) is 0.479. The Kier molecular flexibility index (Phi) is 7.82. The van der Waals surface area contributed by atoms with E-state index >= 15 is 0 Å². The third-order valence-electron chi connectivity index (χ3n) is 4.26. The van der Waals surface area contributed by atoms with Gasteiger partial charge in [0.15, 0.2) is 0 Å². The van der Waals surface area contributed by atoms with Crippen LogP contribution in [0.15, 0.2) is 54.6 Å². The summed E-state index contributed by atoms with van der Waals surface area (Å²) in [5, 5.41) is 0. The lowest BCUT2D eigenvalue weighted by Crippen LogP contribution is -2.08. The SMILES string of the molecule is NC(=S)c1ccc(CCCCCCCCc2ccccc2)cc1. The zero-order chi connectivity index (χ0) is 16.3. The van der Waals surface area contributed by atoms with Gasteiger partial charge in [-0.2, -0.15) is 0 Å². The molecule has 0 aromatic heterocycles. The molecule has 2 aromatic rings. The van der Waals surface area contributed by atoms with Crippen molar-refractivity contribution in [3.63, 3.8) is 0 Å². The number of thiocarbonyl (C=S) groups is 1. The molecule has 0 unspecified atom stereocenters. The second kappa shape index (κ2) is 10.2. The average Bonchev–Trinajstić information content (AvgIpc) is 2.58. The summed E-state index contributed by atoms with van der Waals surface area (Å²) in [6.07, 6.45) is 10.3. The zero-order valence-corrected chi connectivity index (χ0v) is 14.7. The summed E-state index contributed by atoms with van der Waals surface area (Å²) in [6.45, 7) is 0. The zero-order valence-electron chi connectivity index (χ0n) is 13.8. The summed E-state index contributed by atoms with van der Waals surface area (Å²) in [7, 11) is 0. The second-order valence-corrected chi connectivity index (χ2v) is 6.61. The minimum Gasteiger partial charge on any atom is -0.389 e. The highest BCUT2D eigenvalue weighted by Crippen LogP contribution is 2.12. The normalized spacial score (nSPS) is 10.6. The van der Waals surface area contributed by atoms with Crippen molar-refractivity contribution in [1.29, 1.82) is 0 Å². The van der Waals surface area contributed by atoms with Crippen LogP contribution < -0.4 is 5.73 Å². The largest absolute Gasteiger partial charge is 0.389 e. The molecule has 1 nitrogen and oxygen atoms in total. The van der Waals surface area contributed by atoms with Gasteiger partial charge in [-0.25, -0.2) is 0 Å². The van der Waals surface area contributed by atoms with E-state index in [0.717, 1.165) is 12.0 Å². The molecule has 0 heterocycles. The van der Waals surface area contributed by atoms with Crippen LogP contribution in [-0.2, 0) is 12.8 Å². The monoisotopic (exact) mass is 325 g/mol. The molecule has 0 radical (unpaired) electrons. The molecule has 0 atom stereocenters. The van der Waals surface area contributed by atoms with Gasteiger partial charge in [-0.15, -0.1) is 0 Å². The Bertz CT molecular complexity index is 575. The molecule has 0 aliphatic heterocycles. The molecule has 23 heavy (non-hydrogen) atoms. The first-order valence-electron chi connectivity index (χ1n) is 8.68. The first-order chi connectivity index (χ1) is 11.3. The van der Waals surface area contributed by atoms with Gasteiger partial charge in [-0.1, -0.05) is 92.5 Å². The Morgan fingerprint density at radius 3 is 1.65 bits per heavy atom. The fourth-order valence-electron chi connectivity index (χ4n) is 2.85. The number of unbranched alkanes of at least 4 members (excludes halogenated alkanes) is 5. The van der Waals surface area contributed by atoms with Crippen molar-refractivity contribution in [2.45, 2.75) is 51.4 Å². The van der Waals surface area contributed by atoms with Crippen molar-refractivity contribution >= 4 is 17.2 Å². The van der Waals surface area contributed by atoms with Crippen LogP contribution in [-0.4, -0.2) is 4.99 Å². The topological polar surface area (TPSA) is 26.0 Å². The van der Waals surface area contributed by atoms with E-state index in [1.807, 2.05) is 12.1 Å². The molecular formula is C21H27NS. The summed E-state index contributed by atoms with van der Waals surface area (Å²) >= 11 is 4.97. The van der Waals surface area contributed by atoms with E-state index in [1.54, 1.807) is 0 Å². The van der Waals surface area contributed by atoms with Gasteiger partial charge in [0.25, 0.3) is 0 Å². The Balaban J connectivity index is 1.50. The highest BCUT2D eigenvalue weighted by atomic mass is 32.1. The molecule has 0 fully saturated rings. The third-order valence-corrected chi connectivity index (χ3v) is 4.50. The number of hydrogen-bond donors (Lipinski definition) is 1. The number of aryl methyl sites for hydroxylation is 2. The van der Waals surface area contributed by atoms with Crippen LogP contribution in [0.1, 0.15) is 55.2 Å². The van der Waals surface area contributed by atoms with Gasteiger partial charge in [0, 0.05) is 5.56 Å². The molecule has 2 rings (SSSR count). The first kappa shape index (κ1) is 17.7. The number of benzene rings is 2. The van der Waals surface area contributed by atoms with Crippen LogP contribution in [0.5, 0.6) is 0 Å². The van der Waals surface area contributed by atoms with E-state index in [9.17, 15) is 0 Å². The highest BCUT2D eigenvalue weighted by molar-refractivity contribution is 7.80. The molecule has 0 amide bonds. The summed E-state index contributed by atoms with van der Waals surface area (Å²) in [5.41, 5.74) is 9.42. The number of rotatable bonds is 10. The lowest BCUT2D eigenvalue weighted by molar-refractivity contribution is 0.594. The van der Waals surface area contributed by atoms with Gasteiger partial charge >= 0.3 is 0 Å². The maximum absolute atomic E-state index is 5.61. The lowest BCUT2D eigenvalue weighted by Gasteiger charge is -2.04. The Labute approximate surface area is 145 Å². The molecular weight excluding hydrogens is 298 g/mol. The van der Waals surface area contributed by atoms with E-state index in [-0.39, 0.29) is 0 Å². The van der Waals surface area contributed by atoms with Gasteiger partial charge in [0.1, 0.15) is 4.99 Å². The molecule has 2 N–H and O–H groups in total. The molecule has 0 saturated carbocycles. The minimum absolute atomic E-state index is 0.479. The summed E-state index contributed by atoms with van der Waals surface area (Å²) < 4.78 is 0. The highest BCUT2D eigenvalue weighted by Gasteiger charge is 1.98. The molecule has 0 bridgehead atoms. The number of nitrogens with two attached hydrogens (primary N) is 1. The maximum Gasteiger partial charge on any atom is 0.103 e. The van der Waals surface area contributed by atoms with E-state index in [0.29, 0.717) is 4.99 Å². The Morgan fingerprint density at radius 2 is 1.13 bits per heavy atom. The first-order valence-corrected chi connectivity index (χ1v) is 9.09. The quantitative estimate of drug-likeness (QED) is 0.464. The van der Waals surface area contributed by atoms with Gasteiger partial charge < -0.3 is 5.73 Å². The van der Waals surface area contributed by atoms with Crippen molar-refractivity contribution in [2.75, 3.05) is 0 Å². The van der Waals surface area contributed by atoms with Crippen molar-refractivity contribution in [3.05, 3.63) is 71.3 Å². The van der Waals surface area contributed by atoms with Gasteiger partial charge in [-0.05, 0) is 36.8 Å². The lowest BCUT2D eigenvalue weighted by atomic mass is 10.0. The number of hydrogen-bond acceptors (Lipinski definition) is 1. The third kappa shape index (κ3) is 6.96. The Morgan fingerprint density at radius 1 is 0.652 bits per heavy atom. The van der Waals surface area contributed by atoms with Crippen LogP contribution in [0.25, 0.3) is 0 Å². The fraction of sp³-hybridized carbons (Fsp3) is 0.381. The van der Waals surface area contributed by atoms with Crippen LogP contribution in [0, 0.1) is 0 Å². The molecule has 0 spiro atoms. The molecule has 0 aliphatic carbocycles. The smallest absolute Gasteiger partial charge is 0.103 e. The molecule has 0 saturated heterocycles. The fourth-order valence-corrected chi connectivity index (χ4v) is 2.98. The van der Waals surface area contributed by atoms with E-state index < -0.39 is 0 Å². The van der Waals surface area contributed by atoms with Crippen molar-refractivity contribution in [1.82, 2.24) is 0 Å². The van der Waals surface area contributed by atoms with Crippen LogP contribution in [0.4, 0.5) is 0 Å². The van der Waals surface area contributed by atoms with Crippen LogP contribution in [0.2, 0.25) is 0 Å². The van der Waals surface area contributed by atoms with Crippen LogP contribution >= 0.6 is 12.2 Å². The van der Waals surface area contributed by atoms with Gasteiger partial charge in [-0.3, -0.25) is 0 Å². The summed E-state index contributed by atoms with van der Waals surface area (Å²) in [6, 6.07) is 19.1. The maximum atomic E-state index is 5.61. The minimum atomic E-state index is 0.479. The van der Waals surface area contributed by atoms with E-state index in [2.05, 4.69) is 42.5 Å². The molecule has 2 heteroatoms. The van der Waals surface area contributed by atoms with E-state index in [1.165, 1.54) is 56.1 Å². The van der Waals surface area contributed by atoms with Gasteiger partial charge in [0.2, 0.25) is 0 Å². The van der Waals surface area contributed by atoms with E-state index in [4.69, 9.17) is 18.0 Å². The van der Waals surface area contributed by atoms with Crippen molar-refractivity contribution in [2.24, 2.45) is 5.73 Å². The molecule has 122 valence electrons. The Hall–Kier alpha value is -1.67. The predicted octanol–water partition coefficient (Wildman–Crippen LogP) is 5.45. The molecule has 0 aliphatic rings. The second-order valence-electron chi connectivity index (χ2n) is 6.17. The standard InChI is InChI=1S/C21H27NS/c22-21(23)20-16-14-19(15-17-20)13-7-4-2-1-3-6-10-18-11-8-5-9-12-18/h5,8-9,11-12,14-17H,1-4,6-7,10,13H2,(H2,22,23). The molecule has 2 aromatic carbocycles. The average molecular weight is 326 g/mol. The van der Waals surface area contributed by atoms with Crippen molar-refractivity contribution < 1.29 is 0 Å².